The summed E-state index contributed by atoms with van der Waals surface area (Å²) in [6.07, 6.45) is 6.31. The molecule has 19 heavy (non-hydrogen) atoms. The molecule has 3 heteroatoms. The van der Waals surface area contributed by atoms with Crippen molar-refractivity contribution in [3.63, 3.8) is 0 Å². The van der Waals surface area contributed by atoms with Gasteiger partial charge in [-0.3, -0.25) is 4.68 Å². The van der Waals surface area contributed by atoms with Crippen molar-refractivity contribution in [3.05, 3.63) is 17.0 Å². The van der Waals surface area contributed by atoms with Gasteiger partial charge in [0.25, 0.3) is 0 Å². The molecule has 0 saturated carbocycles. The first kappa shape index (κ1) is 16.2. The van der Waals surface area contributed by atoms with Crippen LogP contribution in [-0.2, 0) is 6.54 Å². The van der Waals surface area contributed by atoms with Gasteiger partial charge < -0.3 is 5.32 Å². The quantitative estimate of drug-likeness (QED) is 0.680. The van der Waals surface area contributed by atoms with Gasteiger partial charge in [-0.2, -0.15) is 5.10 Å². The minimum atomic E-state index is 0.453. The Morgan fingerprint density at radius 3 is 2.42 bits per heavy atom. The lowest BCUT2D eigenvalue weighted by Crippen LogP contribution is -2.21. The van der Waals surface area contributed by atoms with Crippen molar-refractivity contribution >= 4 is 0 Å². The van der Waals surface area contributed by atoms with Gasteiger partial charge in [-0.05, 0) is 33.2 Å². The Balaban J connectivity index is 2.75. The molecule has 0 aliphatic rings. The lowest BCUT2D eigenvalue weighted by Gasteiger charge is -2.16. The van der Waals surface area contributed by atoms with Crippen LogP contribution in [0.2, 0.25) is 0 Å². The van der Waals surface area contributed by atoms with E-state index in [1.165, 1.54) is 42.6 Å². The summed E-state index contributed by atoms with van der Waals surface area (Å²) in [7, 11) is 0. The largest absolute Gasteiger partial charge is 0.310 e. The van der Waals surface area contributed by atoms with Crippen molar-refractivity contribution < 1.29 is 0 Å². The van der Waals surface area contributed by atoms with Gasteiger partial charge in [0.05, 0.1) is 5.69 Å². The fraction of sp³-hybridized carbons (Fsp3) is 0.812. The van der Waals surface area contributed by atoms with E-state index in [2.05, 4.69) is 44.6 Å². The predicted octanol–water partition coefficient (Wildman–Crippen LogP) is 4.14. The highest BCUT2D eigenvalue weighted by Crippen LogP contribution is 2.24. The SMILES string of the molecule is CCCCCCn1nc(C)c(C(CC)NCC)c1C. The normalized spacial score (nSPS) is 12.9. The molecule has 1 aromatic heterocycles. The van der Waals surface area contributed by atoms with Crippen molar-refractivity contribution in [1.82, 2.24) is 15.1 Å². The molecule has 1 atom stereocenters. The molecule has 3 nitrogen and oxygen atoms in total. The minimum Gasteiger partial charge on any atom is -0.310 e. The Morgan fingerprint density at radius 2 is 1.84 bits per heavy atom. The second-order valence-electron chi connectivity index (χ2n) is 5.39. The molecule has 0 bridgehead atoms. The maximum absolute atomic E-state index is 4.74. The van der Waals surface area contributed by atoms with E-state index in [9.17, 15) is 0 Å². The molecule has 110 valence electrons. The first-order valence-corrected chi connectivity index (χ1v) is 7.92. The third-order valence-corrected chi connectivity index (χ3v) is 3.87. The van der Waals surface area contributed by atoms with Crippen LogP contribution >= 0.6 is 0 Å². The van der Waals surface area contributed by atoms with E-state index in [-0.39, 0.29) is 0 Å². The van der Waals surface area contributed by atoms with E-state index < -0.39 is 0 Å². The van der Waals surface area contributed by atoms with Crippen LogP contribution in [0.1, 0.15) is 75.9 Å². The number of nitrogens with one attached hydrogen (secondary N) is 1. The molecule has 0 amide bonds. The zero-order valence-corrected chi connectivity index (χ0v) is 13.4. The van der Waals surface area contributed by atoms with Gasteiger partial charge in [0.1, 0.15) is 0 Å². The van der Waals surface area contributed by atoms with E-state index in [1.807, 2.05) is 0 Å². The average Bonchev–Trinajstić information content (AvgIpc) is 2.67. The maximum Gasteiger partial charge on any atom is 0.0644 e. The first-order valence-electron chi connectivity index (χ1n) is 7.92. The molecule has 0 fully saturated rings. The van der Waals surface area contributed by atoms with Crippen molar-refractivity contribution in [1.29, 1.82) is 0 Å². The Labute approximate surface area is 118 Å². The summed E-state index contributed by atoms with van der Waals surface area (Å²) in [5.41, 5.74) is 3.96. The molecule has 0 aromatic carbocycles. The molecule has 1 unspecified atom stereocenters. The number of aromatic nitrogens is 2. The zero-order chi connectivity index (χ0) is 14.3. The number of rotatable bonds is 9. The molecule has 0 radical (unpaired) electrons. The van der Waals surface area contributed by atoms with E-state index in [4.69, 9.17) is 5.10 Å². The fourth-order valence-corrected chi connectivity index (χ4v) is 2.82. The van der Waals surface area contributed by atoms with Crippen LogP contribution < -0.4 is 5.32 Å². The Kier molecular flexibility index (Phi) is 7.14. The molecule has 0 aliphatic heterocycles. The standard InChI is InChI=1S/C16H31N3/c1-6-9-10-11-12-19-14(5)16(13(4)18-19)15(7-2)17-8-3/h15,17H,6-12H2,1-5H3. The number of aryl methyl sites for hydroxylation is 2. The Hall–Kier alpha value is -0.830. The fourth-order valence-electron chi connectivity index (χ4n) is 2.82. The summed E-state index contributed by atoms with van der Waals surface area (Å²) < 4.78 is 2.21. The predicted molar refractivity (Wildman–Crippen MR) is 82.6 cm³/mol. The third-order valence-electron chi connectivity index (χ3n) is 3.87. The molecule has 0 spiro atoms. The van der Waals surface area contributed by atoms with Gasteiger partial charge in [-0.25, -0.2) is 0 Å². The average molecular weight is 265 g/mol. The number of unbranched alkanes of at least 4 members (excludes halogenated alkanes) is 3. The van der Waals surface area contributed by atoms with E-state index in [0.29, 0.717) is 6.04 Å². The second-order valence-corrected chi connectivity index (χ2v) is 5.39. The van der Waals surface area contributed by atoms with Gasteiger partial charge in [0, 0.05) is 23.8 Å². The van der Waals surface area contributed by atoms with Crippen LogP contribution in [0.15, 0.2) is 0 Å². The molecule has 1 heterocycles. The molecule has 0 aliphatic carbocycles. The van der Waals surface area contributed by atoms with Crippen molar-refractivity contribution in [2.45, 2.75) is 79.3 Å². The molecule has 1 aromatic rings. The van der Waals surface area contributed by atoms with Gasteiger partial charge in [0.15, 0.2) is 0 Å². The van der Waals surface area contributed by atoms with Crippen molar-refractivity contribution in [2.24, 2.45) is 0 Å². The summed E-state index contributed by atoms with van der Waals surface area (Å²) >= 11 is 0. The summed E-state index contributed by atoms with van der Waals surface area (Å²) in [6.45, 7) is 13.1. The minimum absolute atomic E-state index is 0.453. The lowest BCUT2D eigenvalue weighted by molar-refractivity contribution is 0.517. The first-order chi connectivity index (χ1) is 9.15. The highest BCUT2D eigenvalue weighted by molar-refractivity contribution is 5.28. The van der Waals surface area contributed by atoms with Crippen LogP contribution in [0.5, 0.6) is 0 Å². The van der Waals surface area contributed by atoms with Crippen LogP contribution in [0, 0.1) is 13.8 Å². The van der Waals surface area contributed by atoms with E-state index in [1.54, 1.807) is 0 Å². The number of nitrogens with zero attached hydrogens (tertiary/aromatic N) is 2. The zero-order valence-electron chi connectivity index (χ0n) is 13.4. The number of hydrogen-bond acceptors (Lipinski definition) is 2. The van der Waals surface area contributed by atoms with Crippen molar-refractivity contribution in [3.8, 4) is 0 Å². The Bertz CT molecular complexity index is 368. The van der Waals surface area contributed by atoms with Gasteiger partial charge in [0.2, 0.25) is 0 Å². The summed E-state index contributed by atoms with van der Waals surface area (Å²) in [5, 5.41) is 8.30. The van der Waals surface area contributed by atoms with Gasteiger partial charge in [-0.15, -0.1) is 0 Å². The van der Waals surface area contributed by atoms with Gasteiger partial charge >= 0.3 is 0 Å². The van der Waals surface area contributed by atoms with Crippen LogP contribution in [0.25, 0.3) is 0 Å². The van der Waals surface area contributed by atoms with E-state index >= 15 is 0 Å². The summed E-state index contributed by atoms with van der Waals surface area (Å²) in [5.74, 6) is 0. The smallest absolute Gasteiger partial charge is 0.0644 e. The highest BCUT2D eigenvalue weighted by Gasteiger charge is 2.18. The van der Waals surface area contributed by atoms with Crippen molar-refractivity contribution in [2.75, 3.05) is 6.54 Å². The summed E-state index contributed by atoms with van der Waals surface area (Å²) in [6, 6.07) is 0.453. The van der Waals surface area contributed by atoms with Gasteiger partial charge in [-0.1, -0.05) is 40.0 Å². The van der Waals surface area contributed by atoms with E-state index in [0.717, 1.165) is 19.5 Å². The molecular formula is C16H31N3. The third kappa shape index (κ3) is 4.34. The second kappa shape index (κ2) is 8.36. The van der Waals surface area contributed by atoms with Crippen LogP contribution in [0.4, 0.5) is 0 Å². The summed E-state index contributed by atoms with van der Waals surface area (Å²) in [4.78, 5) is 0. The lowest BCUT2D eigenvalue weighted by atomic mass is 10.0. The monoisotopic (exact) mass is 265 g/mol. The molecular weight excluding hydrogens is 234 g/mol. The van der Waals surface area contributed by atoms with Crippen LogP contribution in [-0.4, -0.2) is 16.3 Å². The number of hydrogen-bond donors (Lipinski definition) is 1. The molecule has 0 saturated heterocycles. The highest BCUT2D eigenvalue weighted by atomic mass is 15.3. The Morgan fingerprint density at radius 1 is 1.11 bits per heavy atom. The molecule has 1 N–H and O–H groups in total. The molecule has 1 rings (SSSR count). The topological polar surface area (TPSA) is 29.9 Å². The maximum atomic E-state index is 4.74. The van der Waals surface area contributed by atoms with Crippen LogP contribution in [0.3, 0.4) is 0 Å².